The fourth-order valence-electron chi connectivity index (χ4n) is 2.26. The van der Waals surface area contributed by atoms with Gasteiger partial charge in [-0.25, -0.2) is 0 Å². The van der Waals surface area contributed by atoms with Crippen LogP contribution >= 0.6 is 0 Å². The number of nitrogens with two attached hydrogens (primary N) is 2. The van der Waals surface area contributed by atoms with E-state index in [0.717, 1.165) is 12.1 Å². The van der Waals surface area contributed by atoms with Crippen LogP contribution in [0.5, 0.6) is 0 Å². The first kappa shape index (κ1) is 25.9. The van der Waals surface area contributed by atoms with E-state index in [-0.39, 0.29) is 81.6 Å². The zero-order valence-corrected chi connectivity index (χ0v) is 20.4. The van der Waals surface area contributed by atoms with Crippen molar-refractivity contribution in [3.05, 3.63) is 35.4 Å². The molecule has 0 spiro atoms. The number of hydrogen-bond donors (Lipinski definition) is 4. The summed E-state index contributed by atoms with van der Waals surface area (Å²) in [6.07, 6.45) is 0. The van der Waals surface area contributed by atoms with Gasteiger partial charge in [-0.1, -0.05) is 0 Å². The van der Waals surface area contributed by atoms with Gasteiger partial charge in [0.1, 0.15) is 9.79 Å². The van der Waals surface area contributed by atoms with Crippen molar-refractivity contribution in [1.82, 2.24) is 0 Å². The van der Waals surface area contributed by atoms with E-state index < -0.39 is 30.0 Å². The summed E-state index contributed by atoms with van der Waals surface area (Å²) in [7, 11) is -9.39. The first-order valence-electron chi connectivity index (χ1n) is 6.58. The molecule has 8 nitrogen and oxygen atoms in total. The average Bonchev–Trinajstić information content (AvgIpc) is 2.41. The van der Waals surface area contributed by atoms with Crippen LogP contribution in [-0.4, -0.2) is 85.1 Å². The fraction of sp³-hybridized carbons (Fsp3) is 0.143. The van der Waals surface area contributed by atoms with Crippen LogP contribution in [0, 0.1) is 13.8 Å². The van der Waals surface area contributed by atoms with Crippen LogP contribution in [0.2, 0.25) is 0 Å². The van der Waals surface area contributed by atoms with E-state index in [9.17, 15) is 25.9 Å². The van der Waals surface area contributed by atoms with E-state index in [4.69, 9.17) is 11.5 Å². The average molecular weight is 418 g/mol. The Morgan fingerprint density at radius 1 is 0.692 bits per heavy atom. The quantitative estimate of drug-likeness (QED) is 0.324. The van der Waals surface area contributed by atoms with Crippen molar-refractivity contribution >= 4 is 90.7 Å². The van der Waals surface area contributed by atoms with E-state index >= 15 is 0 Å². The van der Waals surface area contributed by atoms with Crippen LogP contribution in [0.1, 0.15) is 11.1 Å². The van der Waals surface area contributed by atoms with Crippen LogP contribution in [0.4, 0.5) is 11.4 Å². The molecule has 0 aliphatic heterocycles. The monoisotopic (exact) mass is 418 g/mol. The molecule has 132 valence electrons. The molecular weight excluding hydrogens is 402 g/mol. The maximum Gasteiger partial charge on any atom is 0.295 e. The number of hydrogen-bond acceptors (Lipinski definition) is 6. The van der Waals surface area contributed by atoms with Gasteiger partial charge in [0.2, 0.25) is 0 Å². The Labute approximate surface area is 196 Å². The van der Waals surface area contributed by atoms with E-state index in [1.807, 2.05) is 0 Å². The third kappa shape index (κ3) is 5.44. The summed E-state index contributed by atoms with van der Waals surface area (Å²) < 4.78 is 65.6. The molecular formula is C14H16N2Na2O6S2. The third-order valence-electron chi connectivity index (χ3n) is 3.58. The molecule has 0 aromatic heterocycles. The van der Waals surface area contributed by atoms with Gasteiger partial charge >= 0.3 is 0 Å². The van der Waals surface area contributed by atoms with Gasteiger partial charge < -0.3 is 11.5 Å². The van der Waals surface area contributed by atoms with E-state index in [2.05, 4.69) is 0 Å². The van der Waals surface area contributed by atoms with Gasteiger partial charge in [-0.15, -0.1) is 0 Å². The summed E-state index contributed by atoms with van der Waals surface area (Å²) in [4.78, 5) is -1.14. The molecule has 2 aromatic carbocycles. The summed E-state index contributed by atoms with van der Waals surface area (Å²) >= 11 is 0. The van der Waals surface area contributed by atoms with Crippen molar-refractivity contribution in [3.8, 4) is 11.1 Å². The second kappa shape index (κ2) is 8.91. The van der Waals surface area contributed by atoms with Gasteiger partial charge in [-0.3, -0.25) is 9.11 Å². The molecule has 6 N–H and O–H groups in total. The smallest absolute Gasteiger partial charge is 0.295 e. The maximum atomic E-state index is 11.7. The summed E-state index contributed by atoms with van der Waals surface area (Å²) in [5.41, 5.74) is 12.3. The predicted octanol–water partition coefficient (Wildman–Crippen LogP) is 0.867. The number of nitrogen functional groups attached to an aromatic ring is 2. The van der Waals surface area contributed by atoms with E-state index in [0.29, 0.717) is 11.1 Å². The molecule has 0 fully saturated rings. The molecule has 0 aliphatic rings. The summed E-state index contributed by atoms with van der Waals surface area (Å²) in [5.74, 6) is 0. The Balaban J connectivity index is 0.00000312. The molecule has 0 bridgehead atoms. The zero-order chi connectivity index (χ0) is 18.4. The van der Waals surface area contributed by atoms with Crippen LogP contribution in [0.15, 0.2) is 34.1 Å². The van der Waals surface area contributed by atoms with Crippen molar-refractivity contribution in [2.45, 2.75) is 23.6 Å². The van der Waals surface area contributed by atoms with Crippen molar-refractivity contribution in [1.29, 1.82) is 0 Å². The van der Waals surface area contributed by atoms with Gasteiger partial charge in [0.15, 0.2) is 0 Å². The van der Waals surface area contributed by atoms with Crippen LogP contribution in [-0.2, 0) is 20.2 Å². The molecule has 2 radical (unpaired) electrons. The molecule has 12 heteroatoms. The van der Waals surface area contributed by atoms with Crippen LogP contribution in [0.3, 0.4) is 0 Å². The van der Waals surface area contributed by atoms with Crippen LogP contribution < -0.4 is 11.5 Å². The molecule has 2 rings (SSSR count). The first-order chi connectivity index (χ1) is 10.8. The van der Waals surface area contributed by atoms with Gasteiger partial charge in [0.05, 0.1) is 0 Å². The Bertz CT molecular complexity index is 968. The second-order valence-electron chi connectivity index (χ2n) is 5.36. The fourth-order valence-corrected chi connectivity index (χ4v) is 3.70. The molecule has 2 aromatic rings. The number of anilines is 2. The molecule has 0 saturated heterocycles. The topological polar surface area (TPSA) is 161 Å². The van der Waals surface area contributed by atoms with Crippen molar-refractivity contribution in [3.63, 3.8) is 0 Å². The minimum Gasteiger partial charge on any atom is -0.398 e. The third-order valence-corrected chi connectivity index (χ3v) is 5.37. The van der Waals surface area contributed by atoms with Gasteiger partial charge in [0.25, 0.3) is 20.2 Å². The normalized spacial score (nSPS) is 11.4. The minimum atomic E-state index is -4.69. The summed E-state index contributed by atoms with van der Waals surface area (Å²) in [5, 5.41) is 0. The van der Waals surface area contributed by atoms with E-state index in [1.54, 1.807) is 13.8 Å². The van der Waals surface area contributed by atoms with Gasteiger partial charge in [0, 0.05) is 81.6 Å². The van der Waals surface area contributed by atoms with Crippen molar-refractivity contribution in [2.24, 2.45) is 0 Å². The summed E-state index contributed by atoms with van der Waals surface area (Å²) in [6.45, 7) is 3.17. The van der Waals surface area contributed by atoms with Crippen molar-refractivity contribution < 1.29 is 25.9 Å². The molecule has 0 saturated carbocycles. The molecule has 0 atom stereocenters. The Kier molecular flexibility index (Phi) is 8.86. The second-order valence-corrected chi connectivity index (χ2v) is 8.14. The summed E-state index contributed by atoms with van der Waals surface area (Å²) in [6, 6.07) is 4.69. The predicted molar refractivity (Wildman–Crippen MR) is 101 cm³/mol. The van der Waals surface area contributed by atoms with Gasteiger partial charge in [-0.05, 0) is 49.2 Å². The van der Waals surface area contributed by atoms with Gasteiger partial charge in [-0.2, -0.15) is 16.8 Å². The maximum absolute atomic E-state index is 11.7. The SMILES string of the molecule is Cc1cc(-c2cc(C)c(N)cc2S(=O)(=O)O)c(S(=O)(=O)O)cc1N.[Na].[Na]. The van der Waals surface area contributed by atoms with E-state index in [1.165, 1.54) is 12.1 Å². The zero-order valence-electron chi connectivity index (χ0n) is 14.8. The molecule has 26 heavy (non-hydrogen) atoms. The standard InChI is InChI=1S/C14H16N2O6S2.2Na/c1-7-3-9(13(5-11(7)15)23(17,18)19)10-4-8(2)12(16)6-14(10)24(20,21)22;;/h3-6H,15-16H2,1-2H3,(H,17,18,19)(H,20,21,22);;. The number of aryl methyl sites for hydroxylation is 2. The minimum absolute atomic E-state index is 0. The van der Waals surface area contributed by atoms with Crippen LogP contribution in [0.25, 0.3) is 11.1 Å². The Morgan fingerprint density at radius 2 is 0.962 bits per heavy atom. The Morgan fingerprint density at radius 3 is 1.19 bits per heavy atom. The first-order valence-corrected chi connectivity index (χ1v) is 9.46. The molecule has 0 unspecified atom stereocenters. The Hall–Kier alpha value is -0.140. The molecule has 0 aliphatic carbocycles. The largest absolute Gasteiger partial charge is 0.398 e. The van der Waals surface area contributed by atoms with Crippen molar-refractivity contribution in [2.75, 3.05) is 11.5 Å². The number of benzene rings is 2. The molecule has 0 heterocycles. The molecule has 0 amide bonds. The number of rotatable bonds is 3.